The molecule has 1 aromatic rings. The number of anilines is 1. The summed E-state index contributed by atoms with van der Waals surface area (Å²) in [5, 5.41) is 8.75. The van der Waals surface area contributed by atoms with Gasteiger partial charge in [-0.25, -0.2) is 4.98 Å². The van der Waals surface area contributed by atoms with E-state index in [2.05, 4.69) is 11.6 Å². The molecule has 1 rings (SSSR count). The van der Waals surface area contributed by atoms with Crippen molar-refractivity contribution in [3.8, 4) is 0 Å². The lowest BCUT2D eigenvalue weighted by Gasteiger charge is -2.19. The van der Waals surface area contributed by atoms with Gasteiger partial charge in [-0.1, -0.05) is 6.08 Å². The van der Waals surface area contributed by atoms with Gasteiger partial charge in [-0.3, -0.25) is 9.59 Å². The van der Waals surface area contributed by atoms with Gasteiger partial charge in [-0.15, -0.1) is 6.58 Å². The quantitative estimate of drug-likeness (QED) is 0.689. The zero-order chi connectivity index (χ0) is 12.8. The molecule has 0 aliphatic carbocycles. The van der Waals surface area contributed by atoms with Gasteiger partial charge < -0.3 is 15.7 Å². The maximum absolute atomic E-state index is 11.0. The third-order valence-corrected chi connectivity index (χ3v) is 2.03. The molecule has 1 aromatic heterocycles. The van der Waals surface area contributed by atoms with Crippen LogP contribution < -0.4 is 10.6 Å². The number of carboxylic acids is 1. The van der Waals surface area contributed by atoms with E-state index in [-0.39, 0.29) is 12.1 Å². The van der Waals surface area contributed by atoms with Crippen molar-refractivity contribution in [3.63, 3.8) is 0 Å². The molecule has 3 N–H and O–H groups in total. The summed E-state index contributed by atoms with van der Waals surface area (Å²) in [7, 11) is 0. The van der Waals surface area contributed by atoms with E-state index in [9.17, 15) is 9.59 Å². The van der Waals surface area contributed by atoms with Gasteiger partial charge in [-0.2, -0.15) is 0 Å². The molecule has 6 nitrogen and oxygen atoms in total. The number of carbonyl (C=O) groups excluding carboxylic acids is 1. The zero-order valence-electron chi connectivity index (χ0n) is 9.17. The van der Waals surface area contributed by atoms with E-state index in [1.54, 1.807) is 6.08 Å². The minimum Gasteiger partial charge on any atom is -0.480 e. The molecule has 0 fully saturated rings. The fourth-order valence-corrected chi connectivity index (χ4v) is 1.30. The van der Waals surface area contributed by atoms with Crippen LogP contribution in [-0.2, 0) is 4.79 Å². The Hall–Kier alpha value is -2.37. The van der Waals surface area contributed by atoms with Crippen molar-refractivity contribution < 1.29 is 14.7 Å². The Bertz CT molecular complexity index is 445. The Balaban J connectivity index is 3.00. The number of nitrogens with two attached hydrogens (primary N) is 1. The maximum Gasteiger partial charge on any atom is 0.323 e. The highest BCUT2D eigenvalue weighted by molar-refractivity contribution is 5.93. The van der Waals surface area contributed by atoms with E-state index in [0.29, 0.717) is 12.4 Å². The number of nitrogens with zero attached hydrogens (tertiary/aromatic N) is 2. The smallest absolute Gasteiger partial charge is 0.323 e. The highest BCUT2D eigenvalue weighted by atomic mass is 16.4. The lowest BCUT2D eigenvalue weighted by Crippen LogP contribution is -2.30. The molecular weight excluding hydrogens is 222 g/mol. The van der Waals surface area contributed by atoms with E-state index in [1.807, 2.05) is 0 Å². The van der Waals surface area contributed by atoms with E-state index in [4.69, 9.17) is 10.8 Å². The predicted octanol–water partition coefficient (Wildman–Crippen LogP) is 0.257. The van der Waals surface area contributed by atoms with Crippen LogP contribution in [0, 0.1) is 0 Å². The Labute approximate surface area is 98.4 Å². The van der Waals surface area contributed by atoms with Gasteiger partial charge in [0.2, 0.25) is 5.91 Å². The van der Waals surface area contributed by atoms with Crippen LogP contribution in [0.25, 0.3) is 0 Å². The predicted molar refractivity (Wildman–Crippen MR) is 62.8 cm³/mol. The lowest BCUT2D eigenvalue weighted by atomic mass is 10.2. The van der Waals surface area contributed by atoms with Crippen molar-refractivity contribution in [3.05, 3.63) is 36.5 Å². The summed E-state index contributed by atoms with van der Waals surface area (Å²) in [5.74, 6) is -1.19. The summed E-state index contributed by atoms with van der Waals surface area (Å²) in [6, 6.07) is 2.92. The second-order valence-electron chi connectivity index (χ2n) is 3.33. The van der Waals surface area contributed by atoms with Crippen molar-refractivity contribution in [2.45, 2.75) is 0 Å². The summed E-state index contributed by atoms with van der Waals surface area (Å²) in [6.45, 7) is 3.64. The molecule has 0 atom stereocenters. The fraction of sp³-hybridized carbons (Fsp3) is 0.182. The minimum absolute atomic E-state index is 0.221. The third-order valence-electron chi connectivity index (χ3n) is 2.03. The number of primary amides is 1. The normalized spacial score (nSPS) is 9.65. The molecule has 0 aromatic carbocycles. The average molecular weight is 235 g/mol. The molecule has 0 bridgehead atoms. The number of carboxylic acid groups (broad SMARTS) is 1. The fourth-order valence-electron chi connectivity index (χ4n) is 1.30. The largest absolute Gasteiger partial charge is 0.480 e. The highest BCUT2D eigenvalue weighted by Gasteiger charge is 2.12. The Morgan fingerprint density at radius 1 is 1.59 bits per heavy atom. The molecule has 0 radical (unpaired) electrons. The molecule has 90 valence electrons. The number of aliphatic carboxylic acids is 1. The van der Waals surface area contributed by atoms with Gasteiger partial charge >= 0.3 is 5.97 Å². The van der Waals surface area contributed by atoms with Crippen molar-refractivity contribution in [1.82, 2.24) is 4.98 Å². The second kappa shape index (κ2) is 5.64. The van der Waals surface area contributed by atoms with Gasteiger partial charge in [0.1, 0.15) is 12.4 Å². The average Bonchev–Trinajstić information content (AvgIpc) is 2.28. The summed E-state index contributed by atoms with van der Waals surface area (Å²) in [6.07, 6.45) is 2.97. The molecule has 0 saturated carbocycles. The highest BCUT2D eigenvalue weighted by Crippen LogP contribution is 2.12. The monoisotopic (exact) mass is 235 g/mol. The molecule has 1 heterocycles. The summed E-state index contributed by atoms with van der Waals surface area (Å²) in [5.41, 5.74) is 5.42. The van der Waals surface area contributed by atoms with Gasteiger partial charge in [0.25, 0.3) is 0 Å². The molecule has 17 heavy (non-hydrogen) atoms. The maximum atomic E-state index is 11.0. The number of pyridine rings is 1. The van der Waals surface area contributed by atoms with Crippen LogP contribution >= 0.6 is 0 Å². The van der Waals surface area contributed by atoms with E-state index in [1.165, 1.54) is 23.2 Å². The lowest BCUT2D eigenvalue weighted by molar-refractivity contribution is -0.135. The summed E-state index contributed by atoms with van der Waals surface area (Å²) >= 11 is 0. The van der Waals surface area contributed by atoms with Crippen molar-refractivity contribution in [2.75, 3.05) is 18.0 Å². The van der Waals surface area contributed by atoms with Crippen molar-refractivity contribution in [1.29, 1.82) is 0 Å². The van der Waals surface area contributed by atoms with E-state index < -0.39 is 11.9 Å². The number of hydrogen-bond acceptors (Lipinski definition) is 4. The second-order valence-corrected chi connectivity index (χ2v) is 3.33. The Kier molecular flexibility index (Phi) is 4.21. The SMILES string of the molecule is C=CCN(CC(=O)O)c1cc(C(N)=O)ccn1. The Morgan fingerprint density at radius 2 is 2.29 bits per heavy atom. The van der Waals surface area contributed by atoms with Crippen molar-refractivity contribution >= 4 is 17.7 Å². The molecule has 1 amide bonds. The summed E-state index contributed by atoms with van der Waals surface area (Å²) < 4.78 is 0. The number of rotatable bonds is 6. The minimum atomic E-state index is -0.988. The van der Waals surface area contributed by atoms with Crippen molar-refractivity contribution in [2.24, 2.45) is 5.73 Å². The molecular formula is C11H13N3O3. The molecule has 0 saturated heterocycles. The zero-order valence-corrected chi connectivity index (χ0v) is 9.17. The van der Waals surface area contributed by atoms with Gasteiger partial charge in [0, 0.05) is 18.3 Å². The van der Waals surface area contributed by atoms with Crippen LogP contribution in [-0.4, -0.2) is 35.1 Å². The third kappa shape index (κ3) is 3.60. The first kappa shape index (κ1) is 12.7. The number of aromatic nitrogens is 1. The summed E-state index contributed by atoms with van der Waals surface area (Å²) in [4.78, 5) is 27.2. The first-order valence-corrected chi connectivity index (χ1v) is 4.88. The molecule has 6 heteroatoms. The van der Waals surface area contributed by atoms with Crippen LogP contribution in [0.4, 0.5) is 5.82 Å². The molecule has 0 aliphatic rings. The number of amides is 1. The van der Waals surface area contributed by atoms with Crippen LogP contribution in [0.3, 0.4) is 0 Å². The Morgan fingerprint density at radius 3 is 2.82 bits per heavy atom. The van der Waals surface area contributed by atoms with Crippen LogP contribution in [0.15, 0.2) is 31.0 Å². The first-order valence-electron chi connectivity index (χ1n) is 4.88. The topological polar surface area (TPSA) is 96.5 Å². The van der Waals surface area contributed by atoms with Crippen LogP contribution in [0.2, 0.25) is 0 Å². The van der Waals surface area contributed by atoms with Crippen LogP contribution in [0.1, 0.15) is 10.4 Å². The molecule has 0 spiro atoms. The van der Waals surface area contributed by atoms with E-state index >= 15 is 0 Å². The van der Waals surface area contributed by atoms with Gasteiger partial charge in [0.05, 0.1) is 0 Å². The van der Waals surface area contributed by atoms with Crippen LogP contribution in [0.5, 0.6) is 0 Å². The first-order chi connectivity index (χ1) is 8.04. The standard InChI is InChI=1S/C11H13N3O3/c1-2-5-14(7-10(15)16)9-6-8(11(12)17)3-4-13-9/h2-4,6H,1,5,7H2,(H2,12,17)(H,15,16). The number of carbonyl (C=O) groups is 2. The molecule has 0 unspecified atom stereocenters. The van der Waals surface area contributed by atoms with Gasteiger partial charge in [0.15, 0.2) is 0 Å². The number of hydrogen-bond donors (Lipinski definition) is 2. The van der Waals surface area contributed by atoms with E-state index in [0.717, 1.165) is 0 Å². The molecule has 0 aliphatic heterocycles. The van der Waals surface area contributed by atoms with Gasteiger partial charge in [-0.05, 0) is 12.1 Å².